The van der Waals surface area contributed by atoms with Crippen molar-refractivity contribution >= 4 is 23.2 Å². The fraction of sp³-hybridized carbons (Fsp3) is 0.323. The number of benzene rings is 2. The first-order valence-corrected chi connectivity index (χ1v) is 14.4. The maximum absolute atomic E-state index is 13.3. The lowest BCUT2D eigenvalue weighted by Gasteiger charge is -2.25. The number of carbonyl (C=O) groups excluding carboxylic acids is 1. The van der Waals surface area contributed by atoms with Crippen molar-refractivity contribution in [2.45, 2.75) is 52.4 Å². The summed E-state index contributed by atoms with van der Waals surface area (Å²) >= 11 is 1.60. The average molecular weight is 562 g/mol. The maximum atomic E-state index is 13.3. The van der Waals surface area contributed by atoms with Crippen LogP contribution in [0.1, 0.15) is 59.3 Å². The fourth-order valence-electron chi connectivity index (χ4n) is 4.44. The number of nitrogens with one attached hydrogen (secondary N) is 1. The number of carboxylic acids is 1. The molecule has 0 saturated carbocycles. The molecule has 2 heterocycles. The summed E-state index contributed by atoms with van der Waals surface area (Å²) in [5.41, 5.74) is 3.30. The third-order valence-corrected chi connectivity index (χ3v) is 7.50. The molecule has 0 aliphatic carbocycles. The predicted molar refractivity (Wildman–Crippen MR) is 155 cm³/mol. The summed E-state index contributed by atoms with van der Waals surface area (Å²) in [6, 6.07) is 14.9. The Bertz CT molecular complexity index is 1370. The molecule has 0 saturated heterocycles. The summed E-state index contributed by atoms with van der Waals surface area (Å²) in [6.07, 6.45) is 6.26. The fourth-order valence-corrected chi connectivity index (χ4v) is 5.09. The van der Waals surface area contributed by atoms with Crippen LogP contribution in [-0.2, 0) is 17.9 Å². The summed E-state index contributed by atoms with van der Waals surface area (Å²) in [4.78, 5) is 29.3. The van der Waals surface area contributed by atoms with Crippen LogP contribution in [0.15, 0.2) is 78.0 Å². The first-order chi connectivity index (χ1) is 19.4. The van der Waals surface area contributed by atoms with Crippen molar-refractivity contribution in [2.24, 2.45) is 5.92 Å². The molecule has 210 valence electrons. The molecule has 40 heavy (non-hydrogen) atoms. The molecule has 2 aromatic carbocycles. The molecule has 0 bridgehead atoms. The Hall–Kier alpha value is -4.11. The molecule has 0 fully saturated rings. The minimum absolute atomic E-state index is 0.265. The Labute approximate surface area is 238 Å². The molecule has 2 atom stereocenters. The van der Waals surface area contributed by atoms with E-state index in [0.717, 1.165) is 29.7 Å². The van der Waals surface area contributed by atoms with Gasteiger partial charge in [0.15, 0.2) is 0 Å². The first kappa shape index (κ1) is 28.9. The number of carbonyl (C=O) groups is 2. The number of thiophene rings is 1. The van der Waals surface area contributed by atoms with Crippen LogP contribution < -0.4 is 14.8 Å². The van der Waals surface area contributed by atoms with Crippen LogP contribution in [0.4, 0.5) is 0 Å². The molecule has 0 aliphatic heterocycles. The highest BCUT2D eigenvalue weighted by Crippen LogP contribution is 2.35. The van der Waals surface area contributed by atoms with Crippen LogP contribution in [0.3, 0.4) is 0 Å². The average Bonchev–Trinajstić information content (AvgIpc) is 3.67. The van der Waals surface area contributed by atoms with Gasteiger partial charge in [0.05, 0.1) is 17.8 Å². The Morgan fingerprint density at radius 3 is 2.73 bits per heavy atom. The van der Waals surface area contributed by atoms with E-state index in [-0.39, 0.29) is 12.3 Å². The second-order valence-corrected chi connectivity index (χ2v) is 10.4. The smallest absolute Gasteiger partial charge is 0.306 e. The topological polar surface area (TPSA) is 103 Å². The zero-order valence-electron chi connectivity index (χ0n) is 22.8. The lowest BCUT2D eigenvalue weighted by atomic mass is 9.92. The maximum Gasteiger partial charge on any atom is 0.306 e. The van der Waals surface area contributed by atoms with E-state index in [1.54, 1.807) is 42.1 Å². The number of aryl methyl sites for hydroxylation is 2. The Kier molecular flexibility index (Phi) is 10.3. The summed E-state index contributed by atoms with van der Waals surface area (Å²) in [6.45, 7) is 5.44. The number of nitrogens with zero attached hydrogens (tertiary/aromatic N) is 2. The molecule has 2 unspecified atom stereocenters. The van der Waals surface area contributed by atoms with Gasteiger partial charge in [-0.05, 0) is 65.4 Å². The van der Waals surface area contributed by atoms with Crippen molar-refractivity contribution in [3.8, 4) is 11.5 Å². The van der Waals surface area contributed by atoms with E-state index in [2.05, 4.69) is 10.3 Å². The highest BCUT2D eigenvalue weighted by atomic mass is 32.1. The number of aromatic nitrogens is 2. The first-order valence-electron chi connectivity index (χ1n) is 13.4. The SMILES string of the molecule is CCC(CC(Oc1cc(OCc2ccsc2)ccc1C(=O)NCCCn1ccnc1)c1ccccc1C)C(=O)O. The van der Waals surface area contributed by atoms with Crippen molar-refractivity contribution in [3.63, 3.8) is 0 Å². The van der Waals surface area contributed by atoms with Crippen molar-refractivity contribution < 1.29 is 24.2 Å². The van der Waals surface area contributed by atoms with Gasteiger partial charge in [-0.2, -0.15) is 11.3 Å². The highest BCUT2D eigenvalue weighted by molar-refractivity contribution is 7.07. The normalized spacial score (nSPS) is 12.4. The summed E-state index contributed by atoms with van der Waals surface area (Å²) in [7, 11) is 0. The number of rotatable bonds is 15. The number of imidazole rings is 1. The summed E-state index contributed by atoms with van der Waals surface area (Å²) in [5, 5.41) is 16.8. The van der Waals surface area contributed by atoms with Gasteiger partial charge >= 0.3 is 5.97 Å². The Balaban J connectivity index is 1.58. The van der Waals surface area contributed by atoms with Gasteiger partial charge in [-0.1, -0.05) is 31.2 Å². The van der Waals surface area contributed by atoms with Gasteiger partial charge in [-0.25, -0.2) is 4.98 Å². The van der Waals surface area contributed by atoms with Gasteiger partial charge in [-0.15, -0.1) is 0 Å². The summed E-state index contributed by atoms with van der Waals surface area (Å²) in [5.74, 6) is -0.814. The zero-order chi connectivity index (χ0) is 28.3. The Morgan fingerprint density at radius 2 is 2.02 bits per heavy atom. The minimum atomic E-state index is -0.867. The second kappa shape index (κ2) is 14.3. The van der Waals surface area contributed by atoms with E-state index in [9.17, 15) is 14.7 Å². The van der Waals surface area contributed by atoms with Gasteiger partial charge in [0.2, 0.25) is 0 Å². The van der Waals surface area contributed by atoms with E-state index < -0.39 is 18.0 Å². The highest BCUT2D eigenvalue weighted by Gasteiger charge is 2.26. The van der Waals surface area contributed by atoms with Gasteiger partial charge in [0.25, 0.3) is 5.91 Å². The number of hydrogen-bond acceptors (Lipinski definition) is 6. The van der Waals surface area contributed by atoms with Gasteiger partial charge in [0.1, 0.15) is 24.2 Å². The monoisotopic (exact) mass is 561 g/mol. The van der Waals surface area contributed by atoms with Crippen LogP contribution in [-0.4, -0.2) is 33.1 Å². The number of hydrogen-bond donors (Lipinski definition) is 2. The largest absolute Gasteiger partial charge is 0.489 e. The van der Waals surface area contributed by atoms with Crippen molar-refractivity contribution in [1.29, 1.82) is 0 Å². The predicted octanol–water partition coefficient (Wildman–Crippen LogP) is 6.27. The van der Waals surface area contributed by atoms with E-state index in [0.29, 0.717) is 36.6 Å². The van der Waals surface area contributed by atoms with Crippen LogP contribution in [0.5, 0.6) is 11.5 Å². The molecular formula is C31H35N3O5S. The molecule has 9 heteroatoms. The van der Waals surface area contributed by atoms with Crippen molar-refractivity contribution in [2.75, 3.05) is 6.54 Å². The molecule has 4 aromatic rings. The van der Waals surface area contributed by atoms with E-state index in [1.165, 1.54) is 0 Å². The Morgan fingerprint density at radius 1 is 1.18 bits per heavy atom. The van der Waals surface area contributed by atoms with Gasteiger partial charge in [0, 0.05) is 38.0 Å². The van der Waals surface area contributed by atoms with Crippen LogP contribution in [0.2, 0.25) is 0 Å². The van der Waals surface area contributed by atoms with E-state index >= 15 is 0 Å². The number of aliphatic carboxylic acids is 1. The molecule has 0 aliphatic rings. The van der Waals surface area contributed by atoms with Crippen LogP contribution >= 0.6 is 11.3 Å². The zero-order valence-corrected chi connectivity index (χ0v) is 23.6. The number of ether oxygens (including phenoxy) is 2. The van der Waals surface area contributed by atoms with Crippen molar-refractivity contribution in [3.05, 3.63) is 100 Å². The molecule has 2 N–H and O–H groups in total. The summed E-state index contributed by atoms with van der Waals surface area (Å²) < 4.78 is 14.5. The quantitative estimate of drug-likeness (QED) is 0.166. The van der Waals surface area contributed by atoms with Crippen LogP contribution in [0.25, 0.3) is 0 Å². The van der Waals surface area contributed by atoms with Crippen LogP contribution in [0, 0.1) is 12.8 Å². The molecule has 4 rings (SSSR count). The van der Waals surface area contributed by atoms with E-state index in [1.807, 2.05) is 65.7 Å². The molecule has 0 spiro atoms. The number of carboxylic acid groups (broad SMARTS) is 1. The molecule has 1 amide bonds. The molecule has 8 nitrogen and oxygen atoms in total. The van der Waals surface area contributed by atoms with E-state index in [4.69, 9.17) is 9.47 Å². The lowest BCUT2D eigenvalue weighted by molar-refractivity contribution is -0.142. The third kappa shape index (κ3) is 7.95. The minimum Gasteiger partial charge on any atom is -0.489 e. The molecule has 0 radical (unpaired) electrons. The molecular weight excluding hydrogens is 526 g/mol. The molecule has 2 aromatic heterocycles. The lowest BCUT2D eigenvalue weighted by Crippen LogP contribution is -2.26. The standard InChI is InChI=1S/C31H35N3O5S/c1-3-24(31(36)37)17-28(26-8-5-4-7-22(26)2)39-29-18-25(38-19-23-11-16-40-20-23)9-10-27(29)30(35)33-12-6-14-34-15-13-32-21-34/h4-5,7-11,13,15-16,18,20-21,24,28H,3,6,12,14,17,19H2,1-2H3,(H,33,35)(H,36,37). The second-order valence-electron chi connectivity index (χ2n) is 9.63. The van der Waals surface area contributed by atoms with Gasteiger partial charge < -0.3 is 24.5 Å². The van der Waals surface area contributed by atoms with Crippen molar-refractivity contribution in [1.82, 2.24) is 14.9 Å². The third-order valence-electron chi connectivity index (χ3n) is 6.77. The number of amides is 1. The van der Waals surface area contributed by atoms with Gasteiger partial charge in [-0.3, -0.25) is 9.59 Å².